The smallest absolute Gasteiger partial charge is 0.407 e. The van der Waals surface area contributed by atoms with Crippen molar-refractivity contribution in [2.75, 3.05) is 19.7 Å². The Kier molecular flexibility index (Phi) is 6.91. The zero-order chi connectivity index (χ0) is 24.3. The number of hydrogen-bond acceptors (Lipinski definition) is 4. The van der Waals surface area contributed by atoms with E-state index in [0.717, 1.165) is 24.0 Å². The number of carbonyl (C=O) groups excluding carboxylic acids is 2. The van der Waals surface area contributed by atoms with Crippen molar-refractivity contribution in [3.8, 4) is 11.1 Å². The highest BCUT2D eigenvalue weighted by atomic mass is 16.5. The van der Waals surface area contributed by atoms with Crippen molar-refractivity contribution in [1.29, 1.82) is 0 Å². The van der Waals surface area contributed by atoms with Crippen molar-refractivity contribution in [2.24, 2.45) is 5.92 Å². The maximum atomic E-state index is 12.9. The van der Waals surface area contributed by atoms with Crippen molar-refractivity contribution in [3.63, 3.8) is 0 Å². The van der Waals surface area contributed by atoms with Gasteiger partial charge in [-0.15, -0.1) is 0 Å². The Bertz CT molecular complexity index is 1040. The first kappa shape index (κ1) is 23.8. The second-order valence-electron chi connectivity index (χ2n) is 9.47. The normalized spacial score (nSPS) is 20.2. The maximum absolute atomic E-state index is 12.9. The highest BCUT2D eigenvalue weighted by molar-refractivity contribution is 5.88. The highest BCUT2D eigenvalue weighted by Crippen LogP contribution is 2.44. The Balaban J connectivity index is 1.28. The Labute approximate surface area is 200 Å². The van der Waals surface area contributed by atoms with Gasteiger partial charge in [-0.1, -0.05) is 55.5 Å². The monoisotopic (exact) mass is 464 g/mol. The van der Waals surface area contributed by atoms with E-state index in [2.05, 4.69) is 29.6 Å². The summed E-state index contributed by atoms with van der Waals surface area (Å²) < 4.78 is 5.54. The Morgan fingerprint density at radius 3 is 2.32 bits per heavy atom. The summed E-state index contributed by atoms with van der Waals surface area (Å²) in [5.74, 6) is -1.56. The molecule has 0 saturated carbocycles. The van der Waals surface area contributed by atoms with E-state index >= 15 is 0 Å². The average molecular weight is 465 g/mol. The molecular formula is C27H32N2O5. The van der Waals surface area contributed by atoms with Gasteiger partial charge in [0.1, 0.15) is 12.1 Å². The number of aliphatic carboxylic acids is 1. The molecule has 2 amide bonds. The first-order valence-electron chi connectivity index (χ1n) is 12.0. The lowest BCUT2D eigenvalue weighted by Crippen LogP contribution is -2.58. The minimum absolute atomic E-state index is 0.00792. The summed E-state index contributed by atoms with van der Waals surface area (Å²) in [4.78, 5) is 38.6. The van der Waals surface area contributed by atoms with Crippen LogP contribution in [0.15, 0.2) is 48.5 Å². The molecule has 2 unspecified atom stereocenters. The van der Waals surface area contributed by atoms with Crippen LogP contribution in [-0.4, -0.2) is 53.2 Å². The van der Waals surface area contributed by atoms with E-state index in [1.807, 2.05) is 24.3 Å². The standard InChI is InChI=1S/C27H32N2O5/c1-18(24(30)29-16-8-7-14-27(29,2)25(31)32)13-15-28-26(33)34-17-23-21-11-5-3-9-19(21)20-10-4-6-12-22(20)23/h3-6,9-12,18,23H,7-8,13-17H2,1-2H3,(H,28,33)(H,31,32). The second-order valence-corrected chi connectivity index (χ2v) is 9.47. The second kappa shape index (κ2) is 9.87. The van der Waals surface area contributed by atoms with Gasteiger partial charge in [-0.05, 0) is 54.9 Å². The van der Waals surface area contributed by atoms with Crippen LogP contribution in [0.5, 0.6) is 0 Å². The van der Waals surface area contributed by atoms with E-state index in [0.29, 0.717) is 19.4 Å². The Morgan fingerprint density at radius 1 is 1.09 bits per heavy atom. The number of nitrogens with one attached hydrogen (secondary N) is 1. The summed E-state index contributed by atoms with van der Waals surface area (Å²) in [5.41, 5.74) is 3.48. The van der Waals surface area contributed by atoms with Gasteiger partial charge in [0.25, 0.3) is 0 Å². The molecule has 0 aromatic heterocycles. The van der Waals surface area contributed by atoms with E-state index in [1.54, 1.807) is 13.8 Å². The predicted molar refractivity (Wildman–Crippen MR) is 128 cm³/mol. The molecule has 2 atom stereocenters. The van der Waals surface area contributed by atoms with E-state index < -0.39 is 23.5 Å². The third-order valence-corrected chi connectivity index (χ3v) is 7.23. The lowest BCUT2D eigenvalue weighted by molar-refractivity contribution is -0.162. The van der Waals surface area contributed by atoms with Gasteiger partial charge < -0.3 is 20.1 Å². The maximum Gasteiger partial charge on any atom is 0.407 e. The van der Waals surface area contributed by atoms with E-state index in [4.69, 9.17) is 4.74 Å². The summed E-state index contributed by atoms with van der Waals surface area (Å²) in [6.07, 6.45) is 1.95. The fourth-order valence-electron chi connectivity index (χ4n) is 5.13. The lowest BCUT2D eigenvalue weighted by Gasteiger charge is -2.42. The zero-order valence-corrected chi connectivity index (χ0v) is 19.8. The van der Waals surface area contributed by atoms with Crippen molar-refractivity contribution in [1.82, 2.24) is 10.2 Å². The molecule has 7 heteroatoms. The quantitative estimate of drug-likeness (QED) is 0.633. The van der Waals surface area contributed by atoms with E-state index in [9.17, 15) is 19.5 Å². The van der Waals surface area contributed by atoms with E-state index in [-0.39, 0.29) is 25.0 Å². The molecular weight excluding hydrogens is 432 g/mol. The molecule has 1 heterocycles. The SMILES string of the molecule is CC(CCNC(=O)OCC1c2ccccc2-c2ccccc21)C(=O)N1CCCCC1(C)C(=O)O. The van der Waals surface area contributed by atoms with E-state index in [1.165, 1.54) is 16.0 Å². The fraction of sp³-hybridized carbons (Fsp3) is 0.444. The fourth-order valence-corrected chi connectivity index (χ4v) is 5.13. The van der Waals surface area contributed by atoms with Gasteiger partial charge in [0.2, 0.25) is 5.91 Å². The first-order chi connectivity index (χ1) is 16.3. The van der Waals surface area contributed by atoms with Gasteiger partial charge in [-0.3, -0.25) is 4.79 Å². The lowest BCUT2D eigenvalue weighted by atomic mass is 9.87. The van der Waals surface area contributed by atoms with Crippen molar-refractivity contribution in [3.05, 3.63) is 59.7 Å². The molecule has 34 heavy (non-hydrogen) atoms. The molecule has 4 rings (SSSR count). The molecule has 0 spiro atoms. The number of nitrogens with zero attached hydrogens (tertiary/aromatic N) is 1. The van der Waals surface area contributed by atoms with Crippen molar-refractivity contribution in [2.45, 2.75) is 51.0 Å². The van der Waals surface area contributed by atoms with Gasteiger partial charge in [-0.2, -0.15) is 0 Å². The minimum Gasteiger partial charge on any atom is -0.480 e. The zero-order valence-electron chi connectivity index (χ0n) is 19.8. The minimum atomic E-state index is -1.16. The van der Waals surface area contributed by atoms with Crippen LogP contribution in [0.3, 0.4) is 0 Å². The van der Waals surface area contributed by atoms with Crippen molar-refractivity contribution < 1.29 is 24.2 Å². The van der Waals surface area contributed by atoms with Crippen LogP contribution in [0.25, 0.3) is 11.1 Å². The average Bonchev–Trinajstić information content (AvgIpc) is 3.16. The molecule has 180 valence electrons. The number of hydrogen-bond donors (Lipinski definition) is 2. The summed E-state index contributed by atoms with van der Waals surface area (Å²) >= 11 is 0. The van der Waals surface area contributed by atoms with Gasteiger partial charge >= 0.3 is 12.1 Å². The number of likely N-dealkylation sites (tertiary alicyclic amines) is 1. The molecule has 2 aliphatic rings. The molecule has 2 N–H and O–H groups in total. The van der Waals surface area contributed by atoms with Crippen LogP contribution in [0, 0.1) is 5.92 Å². The van der Waals surface area contributed by atoms with Crippen molar-refractivity contribution >= 4 is 18.0 Å². The highest BCUT2D eigenvalue weighted by Gasteiger charge is 2.44. The number of rotatable bonds is 7. The first-order valence-corrected chi connectivity index (χ1v) is 12.0. The van der Waals surface area contributed by atoms with Crippen LogP contribution < -0.4 is 5.32 Å². The molecule has 1 aliphatic carbocycles. The molecule has 2 aromatic carbocycles. The van der Waals surface area contributed by atoms with Crippen LogP contribution in [0.2, 0.25) is 0 Å². The molecule has 1 fully saturated rings. The molecule has 0 radical (unpaired) electrons. The molecule has 0 bridgehead atoms. The topological polar surface area (TPSA) is 95.9 Å². The van der Waals surface area contributed by atoms with Crippen LogP contribution in [0.4, 0.5) is 4.79 Å². The largest absolute Gasteiger partial charge is 0.480 e. The molecule has 1 saturated heterocycles. The summed E-state index contributed by atoms with van der Waals surface area (Å²) in [6, 6.07) is 16.3. The summed E-state index contributed by atoms with van der Waals surface area (Å²) in [5, 5.41) is 12.4. The third kappa shape index (κ3) is 4.52. The molecule has 1 aliphatic heterocycles. The molecule has 7 nitrogen and oxygen atoms in total. The predicted octanol–water partition coefficient (Wildman–Crippen LogP) is 4.41. The number of fused-ring (bicyclic) bond motifs is 3. The number of piperidine rings is 1. The van der Waals surface area contributed by atoms with Crippen LogP contribution >= 0.6 is 0 Å². The third-order valence-electron chi connectivity index (χ3n) is 7.23. The number of benzene rings is 2. The summed E-state index contributed by atoms with van der Waals surface area (Å²) in [6.45, 7) is 4.36. The van der Waals surface area contributed by atoms with Gasteiger partial charge in [0, 0.05) is 24.9 Å². The Morgan fingerprint density at radius 2 is 1.71 bits per heavy atom. The number of ether oxygens (including phenoxy) is 1. The number of alkyl carbamates (subject to hydrolysis) is 1. The van der Waals surface area contributed by atoms with Crippen LogP contribution in [0.1, 0.15) is 56.6 Å². The number of carbonyl (C=O) groups is 3. The Hall–Kier alpha value is -3.35. The van der Waals surface area contributed by atoms with Crippen LogP contribution in [-0.2, 0) is 14.3 Å². The number of carboxylic acid groups (broad SMARTS) is 1. The van der Waals surface area contributed by atoms with Gasteiger partial charge in [-0.25, -0.2) is 9.59 Å². The summed E-state index contributed by atoms with van der Waals surface area (Å²) in [7, 11) is 0. The molecule has 2 aromatic rings. The van der Waals surface area contributed by atoms with Gasteiger partial charge in [0.05, 0.1) is 0 Å². The van der Waals surface area contributed by atoms with Gasteiger partial charge in [0.15, 0.2) is 0 Å². The number of carboxylic acids is 1. The number of amides is 2.